The third-order valence-electron chi connectivity index (χ3n) is 5.79. The highest BCUT2D eigenvalue weighted by Gasteiger charge is 2.30. The van der Waals surface area contributed by atoms with E-state index in [1.807, 2.05) is 72.7 Å². The second-order valence-electron chi connectivity index (χ2n) is 8.71. The summed E-state index contributed by atoms with van der Waals surface area (Å²) >= 11 is 1.41. The molecule has 8 heteroatoms. The molecule has 0 saturated carbocycles. The van der Waals surface area contributed by atoms with Crippen LogP contribution in [0.3, 0.4) is 0 Å². The predicted octanol–water partition coefficient (Wildman–Crippen LogP) is 4.83. The fourth-order valence-electron chi connectivity index (χ4n) is 4.24. The molecular weight excluding hydrogens is 460 g/mol. The van der Waals surface area contributed by atoms with Crippen molar-refractivity contribution in [1.29, 1.82) is 0 Å². The first-order chi connectivity index (χ1) is 17.0. The molecule has 0 spiro atoms. The van der Waals surface area contributed by atoms with E-state index in [1.54, 1.807) is 6.08 Å². The van der Waals surface area contributed by atoms with Crippen molar-refractivity contribution in [3.63, 3.8) is 0 Å². The Labute approximate surface area is 211 Å². The van der Waals surface area contributed by atoms with Crippen molar-refractivity contribution in [1.82, 2.24) is 19.7 Å². The fraction of sp³-hybridized carbons (Fsp3) is 0.370. The summed E-state index contributed by atoms with van der Waals surface area (Å²) in [4.78, 5) is 15.0. The minimum atomic E-state index is -0.298. The Morgan fingerprint density at radius 1 is 1.14 bits per heavy atom. The minimum absolute atomic E-state index is 0.0341. The van der Waals surface area contributed by atoms with Crippen molar-refractivity contribution >= 4 is 17.7 Å². The van der Waals surface area contributed by atoms with Crippen LogP contribution in [-0.4, -0.2) is 56.1 Å². The van der Waals surface area contributed by atoms with E-state index in [2.05, 4.69) is 28.9 Å². The molecule has 0 aliphatic carbocycles. The van der Waals surface area contributed by atoms with Crippen LogP contribution >= 0.6 is 11.8 Å². The molecule has 1 saturated heterocycles. The summed E-state index contributed by atoms with van der Waals surface area (Å²) in [6.45, 7) is 11.8. The summed E-state index contributed by atoms with van der Waals surface area (Å²) in [6, 6.07) is 18.1. The lowest BCUT2D eigenvalue weighted by Crippen LogP contribution is -2.50. The second-order valence-corrected chi connectivity index (χ2v) is 10.0. The largest absolute Gasteiger partial charge is 0.485 e. The number of amides is 1. The summed E-state index contributed by atoms with van der Waals surface area (Å²) in [5, 5.41) is 9.13. The fourth-order valence-corrected chi connectivity index (χ4v) is 5.20. The normalized spacial score (nSPS) is 18.8. The number of carbonyl (C=O) groups is 1. The van der Waals surface area contributed by atoms with Crippen molar-refractivity contribution in [2.45, 2.75) is 56.5 Å². The second kappa shape index (κ2) is 11.6. The Balaban J connectivity index is 1.47. The number of rotatable bonds is 9. The van der Waals surface area contributed by atoms with E-state index < -0.39 is 0 Å². The van der Waals surface area contributed by atoms with Crippen LogP contribution in [-0.2, 0) is 22.7 Å². The van der Waals surface area contributed by atoms with Crippen LogP contribution in [0.1, 0.15) is 26.6 Å². The molecule has 2 aromatic carbocycles. The van der Waals surface area contributed by atoms with Crippen molar-refractivity contribution in [3.05, 3.63) is 73.1 Å². The number of para-hydroxylation sites is 1. The molecule has 4 rings (SSSR count). The molecule has 0 radical (unpaired) electrons. The quantitative estimate of drug-likeness (QED) is 0.315. The Morgan fingerprint density at radius 2 is 1.83 bits per heavy atom. The maximum absolute atomic E-state index is 13.1. The van der Waals surface area contributed by atoms with E-state index in [0.29, 0.717) is 30.6 Å². The molecule has 0 N–H and O–H groups in total. The summed E-state index contributed by atoms with van der Waals surface area (Å²) in [5.74, 6) is 1.54. The number of ether oxygens (including phenoxy) is 2. The number of aromatic nitrogens is 3. The lowest BCUT2D eigenvalue weighted by atomic mass is 10.1. The van der Waals surface area contributed by atoms with Gasteiger partial charge in [0.25, 0.3) is 0 Å². The van der Waals surface area contributed by atoms with Crippen molar-refractivity contribution < 1.29 is 14.3 Å². The van der Waals surface area contributed by atoms with Gasteiger partial charge >= 0.3 is 0 Å². The first kappa shape index (κ1) is 25.0. The van der Waals surface area contributed by atoms with E-state index in [9.17, 15) is 4.79 Å². The zero-order chi connectivity index (χ0) is 24.8. The van der Waals surface area contributed by atoms with Gasteiger partial charge in [0.05, 0.1) is 17.5 Å². The molecule has 2 heterocycles. The lowest BCUT2D eigenvalue weighted by Gasteiger charge is -2.36. The maximum atomic E-state index is 13.1. The first-order valence-corrected chi connectivity index (χ1v) is 12.7. The van der Waals surface area contributed by atoms with Crippen LogP contribution in [0.4, 0.5) is 0 Å². The van der Waals surface area contributed by atoms with Crippen LogP contribution in [0.2, 0.25) is 0 Å². The number of carbonyl (C=O) groups excluding carboxylic acids is 1. The van der Waals surface area contributed by atoms with Crippen LogP contribution in [0, 0.1) is 0 Å². The van der Waals surface area contributed by atoms with Crippen LogP contribution in [0.15, 0.2) is 72.4 Å². The molecular formula is C27H32N4O3S. The highest BCUT2D eigenvalue weighted by atomic mass is 32.2. The summed E-state index contributed by atoms with van der Waals surface area (Å²) < 4.78 is 13.9. The average molecular weight is 493 g/mol. The van der Waals surface area contributed by atoms with Gasteiger partial charge in [0, 0.05) is 25.2 Å². The zero-order valence-corrected chi connectivity index (χ0v) is 21.3. The van der Waals surface area contributed by atoms with E-state index in [0.717, 1.165) is 16.9 Å². The Kier molecular flexibility index (Phi) is 8.25. The molecule has 1 aliphatic heterocycles. The average Bonchev–Trinajstić information content (AvgIpc) is 3.23. The van der Waals surface area contributed by atoms with Gasteiger partial charge in [-0.15, -0.1) is 16.8 Å². The number of hydrogen-bond acceptors (Lipinski definition) is 6. The van der Waals surface area contributed by atoms with Crippen molar-refractivity contribution in [2.24, 2.45) is 0 Å². The summed E-state index contributed by atoms with van der Waals surface area (Å²) in [6.07, 6.45) is 1.87. The maximum Gasteiger partial charge on any atom is 0.236 e. The third kappa shape index (κ3) is 6.13. The van der Waals surface area contributed by atoms with Gasteiger partial charge in [0.2, 0.25) is 5.91 Å². The predicted molar refractivity (Wildman–Crippen MR) is 138 cm³/mol. The number of nitrogens with zero attached hydrogens (tertiary/aromatic N) is 4. The number of morpholine rings is 1. The van der Waals surface area contributed by atoms with Gasteiger partial charge < -0.3 is 14.4 Å². The van der Waals surface area contributed by atoms with E-state index in [-0.39, 0.29) is 30.0 Å². The molecule has 1 aromatic heterocycles. The lowest BCUT2D eigenvalue weighted by molar-refractivity contribution is -0.142. The topological polar surface area (TPSA) is 69.5 Å². The van der Waals surface area contributed by atoms with Gasteiger partial charge in [-0.3, -0.25) is 9.36 Å². The molecule has 1 aliphatic rings. The van der Waals surface area contributed by atoms with Gasteiger partial charge in [-0.1, -0.05) is 66.4 Å². The van der Waals surface area contributed by atoms with Gasteiger partial charge in [-0.2, -0.15) is 0 Å². The highest BCUT2D eigenvalue weighted by Crippen LogP contribution is 2.31. The molecule has 184 valence electrons. The zero-order valence-electron chi connectivity index (χ0n) is 20.5. The number of hydrogen-bond donors (Lipinski definition) is 0. The standard InChI is InChI=1S/C27H32N4O3S/c1-5-15-31-25(18-33-24-14-10-9-13-23(24)22-11-7-6-8-12-22)28-29-27(31)35-21(4)26(32)30-16-19(2)34-20(3)17-30/h5-14,19-21H,1,15-18H2,2-4H3. The van der Waals surface area contributed by atoms with Gasteiger partial charge in [0.15, 0.2) is 11.0 Å². The van der Waals surface area contributed by atoms with E-state index in [1.165, 1.54) is 11.8 Å². The molecule has 1 fully saturated rings. The monoisotopic (exact) mass is 492 g/mol. The Bertz CT molecular complexity index is 1140. The Morgan fingerprint density at radius 3 is 2.54 bits per heavy atom. The summed E-state index contributed by atoms with van der Waals surface area (Å²) in [7, 11) is 0. The molecule has 3 unspecified atom stereocenters. The molecule has 3 atom stereocenters. The molecule has 0 bridgehead atoms. The van der Waals surface area contributed by atoms with Gasteiger partial charge in [0.1, 0.15) is 12.4 Å². The van der Waals surface area contributed by atoms with Crippen LogP contribution < -0.4 is 4.74 Å². The third-order valence-corrected chi connectivity index (χ3v) is 6.86. The molecule has 3 aromatic rings. The van der Waals surface area contributed by atoms with Gasteiger partial charge in [-0.25, -0.2) is 0 Å². The van der Waals surface area contributed by atoms with Crippen molar-refractivity contribution in [3.8, 4) is 16.9 Å². The number of benzene rings is 2. The molecule has 7 nitrogen and oxygen atoms in total. The number of thioether (sulfide) groups is 1. The van der Waals surface area contributed by atoms with Crippen molar-refractivity contribution in [2.75, 3.05) is 13.1 Å². The van der Waals surface area contributed by atoms with Crippen LogP contribution in [0.5, 0.6) is 5.75 Å². The number of allylic oxidation sites excluding steroid dienone is 1. The molecule has 35 heavy (non-hydrogen) atoms. The Hall–Kier alpha value is -3.10. The van der Waals surface area contributed by atoms with Gasteiger partial charge in [-0.05, 0) is 32.4 Å². The smallest absolute Gasteiger partial charge is 0.236 e. The SMILES string of the molecule is C=CCn1c(COc2ccccc2-c2ccccc2)nnc1SC(C)C(=O)N1CC(C)OC(C)C1. The first-order valence-electron chi connectivity index (χ1n) is 11.9. The highest BCUT2D eigenvalue weighted by molar-refractivity contribution is 8.00. The molecule has 1 amide bonds. The van der Waals surface area contributed by atoms with E-state index in [4.69, 9.17) is 9.47 Å². The van der Waals surface area contributed by atoms with E-state index >= 15 is 0 Å². The summed E-state index contributed by atoms with van der Waals surface area (Å²) in [5.41, 5.74) is 2.11. The minimum Gasteiger partial charge on any atom is -0.485 e. The van der Waals surface area contributed by atoms with Crippen LogP contribution in [0.25, 0.3) is 11.1 Å².